The molecule has 20 heavy (non-hydrogen) atoms. The molecule has 2 aromatic rings. The van der Waals surface area contributed by atoms with Crippen molar-refractivity contribution in [2.24, 2.45) is 0 Å². The van der Waals surface area contributed by atoms with Crippen molar-refractivity contribution >= 4 is 17.2 Å². The monoisotopic (exact) mass is 285 g/mol. The Morgan fingerprint density at radius 2 is 2.20 bits per heavy atom. The summed E-state index contributed by atoms with van der Waals surface area (Å²) in [6, 6.07) is 10.5. The van der Waals surface area contributed by atoms with Crippen LogP contribution in [-0.2, 0) is 17.8 Å². The fourth-order valence-electron chi connectivity index (χ4n) is 2.90. The highest BCUT2D eigenvalue weighted by atomic mass is 32.1. The van der Waals surface area contributed by atoms with Crippen LogP contribution < -0.4 is 5.32 Å². The van der Waals surface area contributed by atoms with E-state index in [1.165, 1.54) is 21.6 Å². The van der Waals surface area contributed by atoms with E-state index >= 15 is 0 Å². The molecule has 1 aliphatic carbocycles. The highest BCUT2D eigenvalue weighted by Crippen LogP contribution is 2.31. The van der Waals surface area contributed by atoms with Crippen molar-refractivity contribution in [2.45, 2.75) is 38.6 Å². The highest BCUT2D eigenvalue weighted by Gasteiger charge is 2.25. The van der Waals surface area contributed by atoms with Crippen LogP contribution in [0.3, 0.4) is 0 Å². The average molecular weight is 285 g/mol. The number of amides is 1. The minimum Gasteiger partial charge on any atom is -0.351 e. The van der Waals surface area contributed by atoms with Gasteiger partial charge in [0.15, 0.2) is 0 Å². The molecule has 0 aliphatic heterocycles. The molecule has 1 heterocycles. The van der Waals surface area contributed by atoms with E-state index in [1.807, 2.05) is 6.07 Å². The molecule has 1 atom stereocenters. The number of carbonyl (C=O) groups excluding carboxylic acids is 1. The van der Waals surface area contributed by atoms with Crippen LogP contribution in [-0.4, -0.2) is 5.91 Å². The molecule has 0 radical (unpaired) electrons. The van der Waals surface area contributed by atoms with Crippen LogP contribution in [0, 0.1) is 6.92 Å². The van der Waals surface area contributed by atoms with Crippen LogP contribution >= 0.6 is 11.3 Å². The van der Waals surface area contributed by atoms with Gasteiger partial charge in [-0.05, 0) is 54.3 Å². The molecule has 3 rings (SSSR count). The maximum atomic E-state index is 12.5. The Kier molecular flexibility index (Phi) is 3.88. The number of hydrogen-bond donors (Lipinski definition) is 1. The van der Waals surface area contributed by atoms with Gasteiger partial charge in [0, 0.05) is 4.88 Å². The zero-order valence-electron chi connectivity index (χ0n) is 11.7. The molecule has 0 saturated heterocycles. The lowest BCUT2D eigenvalue weighted by atomic mass is 9.82. The second kappa shape index (κ2) is 5.80. The third-order valence-corrected chi connectivity index (χ3v) is 5.10. The summed E-state index contributed by atoms with van der Waals surface area (Å²) in [5, 5.41) is 5.18. The Labute approximate surface area is 123 Å². The first-order chi connectivity index (χ1) is 9.75. The Bertz CT molecular complexity index is 617. The van der Waals surface area contributed by atoms with Gasteiger partial charge in [-0.25, -0.2) is 0 Å². The molecule has 3 heteroatoms. The molecule has 2 nitrogen and oxygen atoms in total. The molecule has 0 bridgehead atoms. The molecule has 1 aromatic carbocycles. The SMILES string of the molecule is Cc1ccsc1CNC(=O)C1CCCc2ccccc21. The largest absolute Gasteiger partial charge is 0.351 e. The van der Waals surface area contributed by atoms with E-state index in [4.69, 9.17) is 0 Å². The molecule has 1 aromatic heterocycles. The lowest BCUT2D eigenvalue weighted by molar-refractivity contribution is -0.123. The van der Waals surface area contributed by atoms with E-state index in [2.05, 4.69) is 41.9 Å². The van der Waals surface area contributed by atoms with Crippen molar-refractivity contribution in [2.75, 3.05) is 0 Å². The second-order valence-electron chi connectivity index (χ2n) is 5.39. The molecule has 1 aliphatic rings. The quantitative estimate of drug-likeness (QED) is 0.913. The summed E-state index contributed by atoms with van der Waals surface area (Å²) < 4.78 is 0. The zero-order chi connectivity index (χ0) is 13.9. The van der Waals surface area contributed by atoms with Crippen molar-refractivity contribution < 1.29 is 4.79 Å². The molecule has 0 spiro atoms. The van der Waals surface area contributed by atoms with Crippen molar-refractivity contribution in [3.05, 3.63) is 57.3 Å². The molecule has 0 saturated carbocycles. The first kappa shape index (κ1) is 13.4. The maximum Gasteiger partial charge on any atom is 0.227 e. The van der Waals surface area contributed by atoms with Gasteiger partial charge in [0.05, 0.1) is 12.5 Å². The number of rotatable bonds is 3. The summed E-state index contributed by atoms with van der Waals surface area (Å²) in [5.74, 6) is 0.199. The molecule has 0 fully saturated rings. The molecular formula is C17H19NOS. The van der Waals surface area contributed by atoms with Gasteiger partial charge >= 0.3 is 0 Å². The molecule has 1 N–H and O–H groups in total. The van der Waals surface area contributed by atoms with Crippen molar-refractivity contribution in [1.29, 1.82) is 0 Å². The number of thiophene rings is 1. The summed E-state index contributed by atoms with van der Waals surface area (Å²) in [6.45, 7) is 2.74. The van der Waals surface area contributed by atoms with Crippen molar-refractivity contribution in [1.82, 2.24) is 5.32 Å². The number of benzene rings is 1. The average Bonchev–Trinajstić information content (AvgIpc) is 2.89. The van der Waals surface area contributed by atoms with Gasteiger partial charge < -0.3 is 5.32 Å². The number of carbonyl (C=O) groups is 1. The third kappa shape index (κ3) is 2.63. The number of aryl methyl sites for hydroxylation is 2. The van der Waals surface area contributed by atoms with Crippen molar-refractivity contribution in [3.8, 4) is 0 Å². The summed E-state index contributed by atoms with van der Waals surface area (Å²) in [7, 11) is 0. The van der Waals surface area contributed by atoms with Gasteiger partial charge in [-0.15, -0.1) is 11.3 Å². The van der Waals surface area contributed by atoms with E-state index in [9.17, 15) is 4.79 Å². The van der Waals surface area contributed by atoms with Gasteiger partial charge in [0.1, 0.15) is 0 Å². The Morgan fingerprint density at radius 1 is 1.35 bits per heavy atom. The topological polar surface area (TPSA) is 29.1 Å². The van der Waals surface area contributed by atoms with Gasteiger partial charge in [0.25, 0.3) is 0 Å². The highest BCUT2D eigenvalue weighted by molar-refractivity contribution is 7.10. The Balaban J connectivity index is 1.71. The summed E-state index contributed by atoms with van der Waals surface area (Å²) >= 11 is 1.71. The first-order valence-electron chi connectivity index (χ1n) is 7.14. The van der Waals surface area contributed by atoms with Gasteiger partial charge in [-0.3, -0.25) is 4.79 Å². The van der Waals surface area contributed by atoms with E-state index in [0.29, 0.717) is 6.54 Å². The van der Waals surface area contributed by atoms with Crippen LogP contribution in [0.25, 0.3) is 0 Å². The van der Waals surface area contributed by atoms with Gasteiger partial charge in [-0.2, -0.15) is 0 Å². The number of hydrogen-bond acceptors (Lipinski definition) is 2. The van der Waals surface area contributed by atoms with Gasteiger partial charge in [0.2, 0.25) is 5.91 Å². The van der Waals surface area contributed by atoms with Crippen LogP contribution in [0.5, 0.6) is 0 Å². The minimum absolute atomic E-state index is 0.0280. The molecule has 1 unspecified atom stereocenters. The molecular weight excluding hydrogens is 266 g/mol. The lowest BCUT2D eigenvalue weighted by Crippen LogP contribution is -2.30. The fourth-order valence-corrected chi connectivity index (χ4v) is 3.75. The minimum atomic E-state index is 0.0280. The Morgan fingerprint density at radius 3 is 3.00 bits per heavy atom. The van der Waals surface area contributed by atoms with Crippen molar-refractivity contribution in [3.63, 3.8) is 0 Å². The Hall–Kier alpha value is -1.61. The normalized spacial score (nSPS) is 17.6. The lowest BCUT2D eigenvalue weighted by Gasteiger charge is -2.24. The second-order valence-corrected chi connectivity index (χ2v) is 6.39. The predicted octanol–water partition coefficient (Wildman–Crippen LogP) is 3.79. The van der Waals surface area contributed by atoms with Gasteiger partial charge in [-0.1, -0.05) is 24.3 Å². The van der Waals surface area contributed by atoms with E-state index in [1.54, 1.807) is 11.3 Å². The van der Waals surface area contributed by atoms with Crippen LogP contribution in [0.1, 0.15) is 40.3 Å². The third-order valence-electron chi connectivity index (χ3n) is 4.08. The number of nitrogens with one attached hydrogen (secondary N) is 1. The predicted molar refractivity (Wildman–Crippen MR) is 83.0 cm³/mol. The standard InChI is InChI=1S/C17H19NOS/c1-12-9-10-20-16(12)11-18-17(19)15-8-4-6-13-5-2-3-7-14(13)15/h2-3,5,7,9-10,15H,4,6,8,11H2,1H3,(H,18,19). The fraction of sp³-hybridized carbons (Fsp3) is 0.353. The van der Waals surface area contributed by atoms with Crippen LogP contribution in [0.4, 0.5) is 0 Å². The number of fused-ring (bicyclic) bond motifs is 1. The molecule has 104 valence electrons. The van der Waals surface area contributed by atoms with E-state index in [-0.39, 0.29) is 11.8 Å². The van der Waals surface area contributed by atoms with Crippen LogP contribution in [0.15, 0.2) is 35.7 Å². The first-order valence-corrected chi connectivity index (χ1v) is 8.02. The zero-order valence-corrected chi connectivity index (χ0v) is 12.5. The summed E-state index contributed by atoms with van der Waals surface area (Å²) in [6.07, 6.45) is 3.17. The van der Waals surface area contributed by atoms with E-state index < -0.39 is 0 Å². The molecule has 1 amide bonds. The summed E-state index contributed by atoms with van der Waals surface area (Å²) in [5.41, 5.74) is 3.82. The van der Waals surface area contributed by atoms with E-state index in [0.717, 1.165) is 19.3 Å². The smallest absolute Gasteiger partial charge is 0.227 e. The maximum absolute atomic E-state index is 12.5. The summed E-state index contributed by atoms with van der Waals surface area (Å²) in [4.78, 5) is 13.7. The van der Waals surface area contributed by atoms with Crippen LogP contribution in [0.2, 0.25) is 0 Å².